The smallest absolute Gasteiger partial charge is 0.0785 e. The van der Waals surface area contributed by atoms with Crippen molar-refractivity contribution < 1.29 is 9.84 Å². The number of unbranched alkanes of at least 4 members (excludes halogenated alkanes) is 4. The maximum atomic E-state index is 9.36. The summed E-state index contributed by atoms with van der Waals surface area (Å²) in [5.74, 6) is 0. The van der Waals surface area contributed by atoms with Gasteiger partial charge in [-0.15, -0.1) is 0 Å². The number of rotatable bonds is 11. The maximum Gasteiger partial charge on any atom is 0.0785 e. The second-order valence-electron chi connectivity index (χ2n) is 4.06. The molecule has 0 amide bonds. The van der Waals surface area contributed by atoms with Crippen LogP contribution in [-0.2, 0) is 4.74 Å². The number of methoxy groups -OCH3 is 1. The number of aliphatic hydroxyl groups is 1. The Morgan fingerprint density at radius 1 is 1.13 bits per heavy atom. The Balaban J connectivity index is 2.98. The molecule has 0 heterocycles. The van der Waals surface area contributed by atoms with Gasteiger partial charge in [0.1, 0.15) is 0 Å². The lowest BCUT2D eigenvalue weighted by molar-refractivity contribution is 0.0595. The molecule has 0 radical (unpaired) electrons. The molecule has 2 N–H and O–H groups in total. The summed E-state index contributed by atoms with van der Waals surface area (Å²) in [5.41, 5.74) is 0. The van der Waals surface area contributed by atoms with E-state index in [1.54, 1.807) is 7.11 Å². The Morgan fingerprint density at radius 2 is 1.87 bits per heavy atom. The molecule has 0 fully saturated rings. The SMILES string of the molecule is CCCCCCCNCCC(O)COC. The highest BCUT2D eigenvalue weighted by Crippen LogP contribution is 2.01. The molecule has 1 unspecified atom stereocenters. The highest BCUT2D eigenvalue weighted by Gasteiger charge is 2.01. The number of aliphatic hydroxyl groups excluding tert-OH is 1. The summed E-state index contributed by atoms with van der Waals surface area (Å²) >= 11 is 0. The number of nitrogens with one attached hydrogen (secondary N) is 1. The summed E-state index contributed by atoms with van der Waals surface area (Å²) in [4.78, 5) is 0. The molecule has 92 valence electrons. The van der Waals surface area contributed by atoms with E-state index in [1.165, 1.54) is 32.1 Å². The van der Waals surface area contributed by atoms with Crippen LogP contribution in [0.15, 0.2) is 0 Å². The first-order valence-electron chi connectivity index (χ1n) is 6.19. The molecular weight excluding hydrogens is 190 g/mol. The summed E-state index contributed by atoms with van der Waals surface area (Å²) in [6, 6.07) is 0. The summed E-state index contributed by atoms with van der Waals surface area (Å²) in [6.07, 6.45) is 7.04. The third-order valence-electron chi connectivity index (χ3n) is 2.47. The van der Waals surface area contributed by atoms with Crippen LogP contribution < -0.4 is 5.32 Å². The van der Waals surface area contributed by atoms with E-state index < -0.39 is 0 Å². The van der Waals surface area contributed by atoms with Gasteiger partial charge in [-0.1, -0.05) is 32.6 Å². The third kappa shape index (κ3) is 11.8. The summed E-state index contributed by atoms with van der Waals surface area (Å²) in [7, 11) is 1.62. The van der Waals surface area contributed by atoms with Crippen molar-refractivity contribution in [2.75, 3.05) is 26.8 Å². The molecular formula is C12H27NO2. The van der Waals surface area contributed by atoms with Gasteiger partial charge in [-0.3, -0.25) is 0 Å². The fourth-order valence-electron chi connectivity index (χ4n) is 1.52. The van der Waals surface area contributed by atoms with Crippen LogP contribution in [0.3, 0.4) is 0 Å². The van der Waals surface area contributed by atoms with Gasteiger partial charge in [-0.25, -0.2) is 0 Å². The highest BCUT2D eigenvalue weighted by molar-refractivity contribution is 4.56. The van der Waals surface area contributed by atoms with E-state index in [0.29, 0.717) is 6.61 Å². The van der Waals surface area contributed by atoms with Crippen LogP contribution >= 0.6 is 0 Å². The van der Waals surface area contributed by atoms with Gasteiger partial charge < -0.3 is 15.2 Å². The van der Waals surface area contributed by atoms with E-state index in [4.69, 9.17) is 4.74 Å². The maximum absolute atomic E-state index is 9.36. The zero-order valence-corrected chi connectivity index (χ0v) is 10.3. The van der Waals surface area contributed by atoms with Crippen molar-refractivity contribution in [2.45, 2.75) is 51.6 Å². The monoisotopic (exact) mass is 217 g/mol. The Hall–Kier alpha value is -0.120. The van der Waals surface area contributed by atoms with Crippen LogP contribution in [0.1, 0.15) is 45.4 Å². The lowest BCUT2D eigenvalue weighted by Crippen LogP contribution is -2.23. The van der Waals surface area contributed by atoms with E-state index in [0.717, 1.165) is 19.5 Å². The molecule has 0 aromatic heterocycles. The Labute approximate surface area is 94.2 Å². The number of hydrogen-bond donors (Lipinski definition) is 2. The second-order valence-corrected chi connectivity index (χ2v) is 4.06. The zero-order chi connectivity index (χ0) is 11.4. The molecule has 15 heavy (non-hydrogen) atoms. The van der Waals surface area contributed by atoms with Crippen LogP contribution in [0.5, 0.6) is 0 Å². The minimum absolute atomic E-state index is 0.317. The van der Waals surface area contributed by atoms with Crippen molar-refractivity contribution in [3.05, 3.63) is 0 Å². The fourth-order valence-corrected chi connectivity index (χ4v) is 1.52. The van der Waals surface area contributed by atoms with E-state index in [9.17, 15) is 5.11 Å². The van der Waals surface area contributed by atoms with Gasteiger partial charge in [0.15, 0.2) is 0 Å². The van der Waals surface area contributed by atoms with Crippen molar-refractivity contribution in [3.8, 4) is 0 Å². The van der Waals surface area contributed by atoms with Crippen LogP contribution in [0.2, 0.25) is 0 Å². The van der Waals surface area contributed by atoms with Crippen molar-refractivity contribution in [1.82, 2.24) is 5.32 Å². The summed E-state index contributed by atoms with van der Waals surface area (Å²) in [5, 5.41) is 12.7. The standard InChI is InChI=1S/C12H27NO2/c1-3-4-5-6-7-9-13-10-8-12(14)11-15-2/h12-14H,3-11H2,1-2H3. The van der Waals surface area contributed by atoms with Gasteiger partial charge in [0.25, 0.3) is 0 Å². The molecule has 0 saturated heterocycles. The lowest BCUT2D eigenvalue weighted by Gasteiger charge is -2.09. The molecule has 3 heteroatoms. The topological polar surface area (TPSA) is 41.5 Å². The lowest BCUT2D eigenvalue weighted by atomic mass is 10.1. The van der Waals surface area contributed by atoms with Gasteiger partial charge in [-0.2, -0.15) is 0 Å². The molecule has 1 atom stereocenters. The Morgan fingerprint density at radius 3 is 2.53 bits per heavy atom. The van der Waals surface area contributed by atoms with Gasteiger partial charge in [0, 0.05) is 7.11 Å². The molecule has 0 aliphatic rings. The van der Waals surface area contributed by atoms with Crippen LogP contribution in [0, 0.1) is 0 Å². The van der Waals surface area contributed by atoms with E-state index in [2.05, 4.69) is 12.2 Å². The molecule has 3 nitrogen and oxygen atoms in total. The fraction of sp³-hybridized carbons (Fsp3) is 1.00. The molecule has 0 spiro atoms. The molecule has 0 aromatic carbocycles. The van der Waals surface area contributed by atoms with Crippen molar-refractivity contribution in [1.29, 1.82) is 0 Å². The van der Waals surface area contributed by atoms with Gasteiger partial charge in [0.2, 0.25) is 0 Å². The molecule has 0 aromatic rings. The predicted octanol–water partition coefficient (Wildman–Crippen LogP) is 1.94. The largest absolute Gasteiger partial charge is 0.391 e. The summed E-state index contributed by atoms with van der Waals surface area (Å²) in [6.45, 7) is 4.63. The summed E-state index contributed by atoms with van der Waals surface area (Å²) < 4.78 is 4.85. The Kier molecular flexibility index (Phi) is 11.9. The normalized spacial score (nSPS) is 13.0. The number of ether oxygens (including phenoxy) is 1. The van der Waals surface area contributed by atoms with Crippen molar-refractivity contribution >= 4 is 0 Å². The third-order valence-corrected chi connectivity index (χ3v) is 2.47. The molecule has 0 rings (SSSR count). The average Bonchev–Trinajstić information content (AvgIpc) is 2.22. The minimum Gasteiger partial charge on any atom is -0.391 e. The molecule has 0 bridgehead atoms. The minimum atomic E-state index is -0.317. The average molecular weight is 217 g/mol. The number of hydrogen-bond acceptors (Lipinski definition) is 3. The first-order valence-corrected chi connectivity index (χ1v) is 6.19. The first kappa shape index (κ1) is 14.9. The first-order chi connectivity index (χ1) is 7.31. The van der Waals surface area contributed by atoms with Crippen molar-refractivity contribution in [2.24, 2.45) is 0 Å². The molecule has 0 saturated carbocycles. The van der Waals surface area contributed by atoms with Gasteiger partial charge in [0.05, 0.1) is 12.7 Å². The second kappa shape index (κ2) is 12.0. The van der Waals surface area contributed by atoms with Gasteiger partial charge in [-0.05, 0) is 25.9 Å². The zero-order valence-electron chi connectivity index (χ0n) is 10.3. The van der Waals surface area contributed by atoms with Gasteiger partial charge >= 0.3 is 0 Å². The molecule has 0 aliphatic carbocycles. The van der Waals surface area contributed by atoms with Crippen LogP contribution in [0.4, 0.5) is 0 Å². The van der Waals surface area contributed by atoms with E-state index >= 15 is 0 Å². The quantitative estimate of drug-likeness (QED) is 0.520. The van der Waals surface area contributed by atoms with E-state index in [-0.39, 0.29) is 6.10 Å². The van der Waals surface area contributed by atoms with Crippen LogP contribution in [0.25, 0.3) is 0 Å². The Bertz CT molecular complexity index is 120. The van der Waals surface area contributed by atoms with E-state index in [1.807, 2.05) is 0 Å². The predicted molar refractivity (Wildman–Crippen MR) is 64.1 cm³/mol. The highest BCUT2D eigenvalue weighted by atomic mass is 16.5. The van der Waals surface area contributed by atoms with Crippen LogP contribution in [-0.4, -0.2) is 38.0 Å². The van der Waals surface area contributed by atoms with Crippen molar-refractivity contribution in [3.63, 3.8) is 0 Å². The molecule has 0 aliphatic heterocycles.